The Morgan fingerprint density at radius 3 is 3.03 bits per heavy atom. The zero-order valence-corrected chi connectivity index (χ0v) is 18.2. The predicted molar refractivity (Wildman–Crippen MR) is 118 cm³/mol. The number of amides is 1. The number of benzene rings is 1. The Bertz CT molecular complexity index is 1100. The Kier molecular flexibility index (Phi) is 6.35. The molecule has 0 saturated heterocycles. The highest BCUT2D eigenvalue weighted by atomic mass is 32.2. The zero-order chi connectivity index (χ0) is 20.9. The summed E-state index contributed by atoms with van der Waals surface area (Å²) in [6.45, 7) is 0. The SMILES string of the molecule is COc1ccccc1-n1cnnc1SCCC(=O)Nc1sc2c(c1C#N)CCCC2. The Morgan fingerprint density at radius 1 is 1.37 bits per heavy atom. The number of nitriles is 1. The van der Waals surface area contributed by atoms with Crippen molar-refractivity contribution in [1.82, 2.24) is 14.8 Å². The van der Waals surface area contributed by atoms with Gasteiger partial charge in [-0.25, -0.2) is 0 Å². The van der Waals surface area contributed by atoms with Crippen LogP contribution in [0.1, 0.15) is 35.3 Å². The first-order valence-electron chi connectivity index (χ1n) is 9.72. The fourth-order valence-corrected chi connectivity index (χ4v) is 5.63. The summed E-state index contributed by atoms with van der Waals surface area (Å²) in [6.07, 6.45) is 6.13. The van der Waals surface area contributed by atoms with Gasteiger partial charge in [0.15, 0.2) is 5.16 Å². The van der Waals surface area contributed by atoms with Gasteiger partial charge in [-0.3, -0.25) is 9.36 Å². The maximum atomic E-state index is 12.5. The quantitative estimate of drug-likeness (QED) is 0.555. The van der Waals surface area contributed by atoms with E-state index < -0.39 is 0 Å². The monoisotopic (exact) mass is 439 g/mol. The predicted octanol–water partition coefficient (Wildman–Crippen LogP) is 4.21. The van der Waals surface area contributed by atoms with Gasteiger partial charge in [0.2, 0.25) is 5.91 Å². The normalized spacial score (nSPS) is 12.8. The second kappa shape index (κ2) is 9.32. The number of carbonyl (C=O) groups is 1. The summed E-state index contributed by atoms with van der Waals surface area (Å²) in [7, 11) is 1.62. The second-order valence-corrected chi connectivity index (χ2v) is 9.00. The number of hydrogen-bond acceptors (Lipinski definition) is 7. The first-order chi connectivity index (χ1) is 14.7. The minimum absolute atomic E-state index is 0.0963. The smallest absolute Gasteiger partial charge is 0.225 e. The van der Waals surface area contributed by atoms with Crippen molar-refractivity contribution in [3.63, 3.8) is 0 Å². The molecular weight excluding hydrogens is 418 g/mol. The van der Waals surface area contributed by atoms with Crippen molar-refractivity contribution in [3.05, 3.63) is 46.6 Å². The highest BCUT2D eigenvalue weighted by Crippen LogP contribution is 2.37. The minimum Gasteiger partial charge on any atom is -0.495 e. The number of anilines is 1. The summed E-state index contributed by atoms with van der Waals surface area (Å²) in [5.41, 5.74) is 2.62. The van der Waals surface area contributed by atoms with Crippen molar-refractivity contribution in [3.8, 4) is 17.5 Å². The first-order valence-corrected chi connectivity index (χ1v) is 11.5. The Morgan fingerprint density at radius 2 is 2.20 bits per heavy atom. The summed E-state index contributed by atoms with van der Waals surface area (Å²) >= 11 is 3.00. The fraction of sp³-hybridized carbons (Fsp3) is 0.333. The molecule has 1 aliphatic carbocycles. The van der Waals surface area contributed by atoms with Crippen molar-refractivity contribution in [2.45, 2.75) is 37.3 Å². The number of rotatable bonds is 7. The molecule has 7 nitrogen and oxygen atoms in total. The molecule has 30 heavy (non-hydrogen) atoms. The molecule has 4 rings (SSSR count). The number of methoxy groups -OCH3 is 1. The maximum Gasteiger partial charge on any atom is 0.225 e. The Hall–Kier alpha value is -2.83. The third-order valence-electron chi connectivity index (χ3n) is 4.96. The number of aryl methyl sites for hydroxylation is 1. The van der Waals surface area contributed by atoms with Crippen LogP contribution >= 0.6 is 23.1 Å². The molecule has 1 N–H and O–H groups in total. The van der Waals surface area contributed by atoms with Crippen molar-refractivity contribution < 1.29 is 9.53 Å². The second-order valence-electron chi connectivity index (χ2n) is 6.83. The highest BCUT2D eigenvalue weighted by Gasteiger charge is 2.21. The van der Waals surface area contributed by atoms with Gasteiger partial charge >= 0.3 is 0 Å². The van der Waals surface area contributed by atoms with Gasteiger partial charge < -0.3 is 10.1 Å². The number of nitrogens with zero attached hydrogens (tertiary/aromatic N) is 4. The van der Waals surface area contributed by atoms with E-state index >= 15 is 0 Å². The van der Waals surface area contributed by atoms with Crippen LogP contribution in [0.25, 0.3) is 5.69 Å². The third kappa shape index (κ3) is 4.20. The van der Waals surface area contributed by atoms with Gasteiger partial charge in [0, 0.05) is 17.1 Å². The summed E-state index contributed by atoms with van der Waals surface area (Å²) < 4.78 is 7.26. The lowest BCUT2D eigenvalue weighted by atomic mass is 9.96. The van der Waals surface area contributed by atoms with Crippen molar-refractivity contribution in [2.75, 3.05) is 18.2 Å². The van der Waals surface area contributed by atoms with E-state index in [9.17, 15) is 10.1 Å². The van der Waals surface area contributed by atoms with Crippen LogP contribution in [0.2, 0.25) is 0 Å². The van der Waals surface area contributed by atoms with E-state index in [-0.39, 0.29) is 5.91 Å². The molecule has 3 aromatic rings. The minimum atomic E-state index is -0.0963. The molecule has 1 aliphatic rings. The molecule has 0 spiro atoms. The molecule has 0 fully saturated rings. The lowest BCUT2D eigenvalue weighted by Gasteiger charge is -2.10. The molecule has 154 valence electrons. The van der Waals surface area contributed by atoms with E-state index in [1.54, 1.807) is 24.8 Å². The van der Waals surface area contributed by atoms with Crippen molar-refractivity contribution >= 4 is 34.0 Å². The van der Waals surface area contributed by atoms with Gasteiger partial charge in [0.05, 0.1) is 18.4 Å². The summed E-state index contributed by atoms with van der Waals surface area (Å²) in [6, 6.07) is 9.92. The summed E-state index contributed by atoms with van der Waals surface area (Å²) in [5, 5.41) is 22.0. The van der Waals surface area contributed by atoms with Gasteiger partial charge in [-0.05, 0) is 43.4 Å². The van der Waals surface area contributed by atoms with Crippen LogP contribution in [0, 0.1) is 11.3 Å². The number of aromatic nitrogens is 3. The van der Waals surface area contributed by atoms with E-state index in [1.807, 2.05) is 28.8 Å². The van der Waals surface area contributed by atoms with Crippen LogP contribution in [0.4, 0.5) is 5.00 Å². The van der Waals surface area contributed by atoms with Crippen LogP contribution in [0.3, 0.4) is 0 Å². The van der Waals surface area contributed by atoms with Gasteiger partial charge in [-0.1, -0.05) is 23.9 Å². The van der Waals surface area contributed by atoms with E-state index in [0.29, 0.717) is 27.9 Å². The first kappa shape index (κ1) is 20.4. The number of nitrogens with one attached hydrogen (secondary N) is 1. The Labute approximate surface area is 183 Å². The molecule has 0 bridgehead atoms. The van der Waals surface area contributed by atoms with Crippen LogP contribution in [-0.4, -0.2) is 33.5 Å². The van der Waals surface area contributed by atoms with E-state index in [1.165, 1.54) is 16.6 Å². The van der Waals surface area contributed by atoms with E-state index in [0.717, 1.165) is 42.7 Å². The molecule has 9 heteroatoms. The Balaban J connectivity index is 1.38. The third-order valence-corrected chi connectivity index (χ3v) is 7.11. The number of ether oxygens (including phenoxy) is 1. The number of thioether (sulfide) groups is 1. The van der Waals surface area contributed by atoms with Gasteiger partial charge in [0.25, 0.3) is 0 Å². The maximum absolute atomic E-state index is 12.5. The standard InChI is InChI=1S/C21H21N5O2S2/c1-28-17-8-4-3-7-16(17)26-13-23-25-21(26)29-11-10-19(27)24-20-15(12-22)14-6-2-5-9-18(14)30-20/h3-4,7-8,13H,2,5-6,9-11H2,1H3,(H,24,27). The van der Waals surface area contributed by atoms with Crippen LogP contribution in [-0.2, 0) is 17.6 Å². The topological polar surface area (TPSA) is 92.8 Å². The summed E-state index contributed by atoms with van der Waals surface area (Å²) in [4.78, 5) is 13.7. The summed E-state index contributed by atoms with van der Waals surface area (Å²) in [5.74, 6) is 1.18. The molecule has 2 heterocycles. The highest BCUT2D eigenvalue weighted by molar-refractivity contribution is 7.99. The fourth-order valence-electron chi connectivity index (χ4n) is 3.51. The average molecular weight is 440 g/mol. The number of thiophene rings is 1. The molecule has 0 unspecified atom stereocenters. The van der Waals surface area contributed by atoms with Gasteiger partial charge in [-0.15, -0.1) is 21.5 Å². The van der Waals surface area contributed by atoms with Gasteiger partial charge in [-0.2, -0.15) is 5.26 Å². The molecule has 0 atom stereocenters. The van der Waals surface area contributed by atoms with Crippen molar-refractivity contribution in [1.29, 1.82) is 5.26 Å². The van der Waals surface area contributed by atoms with E-state index in [2.05, 4.69) is 21.6 Å². The lowest BCUT2D eigenvalue weighted by molar-refractivity contribution is -0.115. The molecule has 2 aromatic heterocycles. The average Bonchev–Trinajstić information content (AvgIpc) is 3.37. The molecule has 0 aliphatic heterocycles. The number of fused-ring (bicyclic) bond motifs is 1. The molecule has 1 aromatic carbocycles. The number of carbonyl (C=O) groups excluding carboxylic acids is 1. The number of hydrogen-bond donors (Lipinski definition) is 1. The molecule has 1 amide bonds. The molecular formula is C21H21N5O2S2. The van der Waals surface area contributed by atoms with Crippen LogP contribution in [0.5, 0.6) is 5.75 Å². The lowest BCUT2D eigenvalue weighted by Crippen LogP contribution is -2.12. The molecule has 0 saturated carbocycles. The molecule has 0 radical (unpaired) electrons. The number of para-hydroxylation sites is 2. The van der Waals surface area contributed by atoms with Crippen molar-refractivity contribution in [2.24, 2.45) is 0 Å². The van der Waals surface area contributed by atoms with Crippen LogP contribution in [0.15, 0.2) is 35.7 Å². The van der Waals surface area contributed by atoms with Crippen LogP contribution < -0.4 is 10.1 Å². The van der Waals surface area contributed by atoms with Gasteiger partial charge in [0.1, 0.15) is 23.1 Å². The zero-order valence-electron chi connectivity index (χ0n) is 16.6. The largest absolute Gasteiger partial charge is 0.495 e. The van der Waals surface area contributed by atoms with E-state index in [4.69, 9.17) is 4.74 Å².